The average molecular weight is 387 g/mol. The number of aromatic nitrogens is 1. The second-order valence-corrected chi connectivity index (χ2v) is 7.27. The van der Waals surface area contributed by atoms with E-state index in [0.717, 1.165) is 45.0 Å². The standard InChI is InChI=1S/C19H16BrFN2O/c1-11-2-4-17(15(20)8-11)23-18(24)19(6-7-19)14-10-22-16-5-3-12(21)9-13(14)16/h2-5,8-10,22H,6-7H2,1H3,(H,23,24). The molecule has 1 heterocycles. The van der Waals surface area contributed by atoms with Gasteiger partial charge >= 0.3 is 0 Å². The maximum Gasteiger partial charge on any atom is 0.235 e. The Bertz CT molecular complexity index is 959. The number of nitrogens with one attached hydrogen (secondary N) is 2. The third-order valence-electron chi connectivity index (χ3n) is 4.72. The molecule has 0 radical (unpaired) electrons. The van der Waals surface area contributed by atoms with Crippen molar-refractivity contribution in [3.8, 4) is 0 Å². The number of hydrogen-bond acceptors (Lipinski definition) is 1. The molecule has 0 saturated heterocycles. The van der Waals surface area contributed by atoms with Crippen molar-refractivity contribution in [2.45, 2.75) is 25.2 Å². The van der Waals surface area contributed by atoms with Gasteiger partial charge in [-0.3, -0.25) is 4.79 Å². The predicted octanol–water partition coefficient (Wildman–Crippen LogP) is 5.05. The fourth-order valence-corrected chi connectivity index (χ4v) is 3.79. The van der Waals surface area contributed by atoms with Gasteiger partial charge in [0.25, 0.3) is 0 Å². The number of anilines is 1. The third-order valence-corrected chi connectivity index (χ3v) is 5.37. The molecule has 1 aliphatic carbocycles. The first kappa shape index (κ1) is 15.4. The van der Waals surface area contributed by atoms with Crippen molar-refractivity contribution in [3.63, 3.8) is 0 Å². The van der Waals surface area contributed by atoms with Crippen molar-refractivity contribution in [1.29, 1.82) is 0 Å². The number of aromatic amines is 1. The molecule has 1 amide bonds. The second-order valence-electron chi connectivity index (χ2n) is 6.41. The highest BCUT2D eigenvalue weighted by atomic mass is 79.9. The van der Waals surface area contributed by atoms with E-state index in [1.165, 1.54) is 12.1 Å². The molecule has 1 aliphatic rings. The molecule has 0 atom stereocenters. The minimum atomic E-state index is -0.573. The fourth-order valence-electron chi connectivity index (χ4n) is 3.20. The van der Waals surface area contributed by atoms with Gasteiger partial charge in [0.05, 0.1) is 11.1 Å². The van der Waals surface area contributed by atoms with E-state index < -0.39 is 5.41 Å². The van der Waals surface area contributed by atoms with Crippen LogP contribution in [0.2, 0.25) is 0 Å². The van der Waals surface area contributed by atoms with E-state index in [-0.39, 0.29) is 11.7 Å². The molecular formula is C19H16BrFN2O. The lowest BCUT2D eigenvalue weighted by atomic mass is 9.94. The Kier molecular flexibility index (Phi) is 3.49. The molecule has 0 aliphatic heterocycles. The van der Waals surface area contributed by atoms with Crippen molar-refractivity contribution >= 4 is 38.4 Å². The average Bonchev–Trinajstić information content (AvgIpc) is 3.24. The molecule has 122 valence electrons. The number of H-pyrrole nitrogens is 1. The number of amides is 1. The normalized spacial score (nSPS) is 15.5. The maximum atomic E-state index is 13.6. The van der Waals surface area contributed by atoms with Gasteiger partial charge in [-0.15, -0.1) is 0 Å². The Labute approximate surface area is 147 Å². The van der Waals surface area contributed by atoms with Crippen LogP contribution in [0.4, 0.5) is 10.1 Å². The fraction of sp³-hybridized carbons (Fsp3) is 0.211. The summed E-state index contributed by atoms with van der Waals surface area (Å²) in [6, 6.07) is 10.4. The van der Waals surface area contributed by atoms with Crippen molar-refractivity contribution in [3.05, 3.63) is 64.0 Å². The van der Waals surface area contributed by atoms with E-state index in [1.807, 2.05) is 31.3 Å². The zero-order chi connectivity index (χ0) is 16.9. The van der Waals surface area contributed by atoms with Crippen molar-refractivity contribution in [1.82, 2.24) is 4.98 Å². The summed E-state index contributed by atoms with van der Waals surface area (Å²) in [6.07, 6.45) is 3.37. The Hall–Kier alpha value is -2.14. The first-order valence-electron chi connectivity index (χ1n) is 7.84. The highest BCUT2D eigenvalue weighted by Crippen LogP contribution is 2.51. The number of carbonyl (C=O) groups is 1. The highest BCUT2D eigenvalue weighted by Gasteiger charge is 2.52. The van der Waals surface area contributed by atoms with Crippen LogP contribution in [0.15, 0.2) is 47.1 Å². The monoisotopic (exact) mass is 386 g/mol. The number of carbonyl (C=O) groups excluding carboxylic acids is 1. The SMILES string of the molecule is Cc1ccc(NC(=O)C2(c3c[nH]c4ccc(F)cc34)CC2)c(Br)c1. The summed E-state index contributed by atoms with van der Waals surface area (Å²) in [4.78, 5) is 16.1. The number of fused-ring (bicyclic) bond motifs is 1. The molecule has 0 unspecified atom stereocenters. The zero-order valence-electron chi connectivity index (χ0n) is 13.1. The Morgan fingerprint density at radius 2 is 2.04 bits per heavy atom. The van der Waals surface area contributed by atoms with Gasteiger partial charge in [-0.25, -0.2) is 4.39 Å². The summed E-state index contributed by atoms with van der Waals surface area (Å²) >= 11 is 3.49. The summed E-state index contributed by atoms with van der Waals surface area (Å²) in [6.45, 7) is 2.00. The molecule has 0 spiro atoms. The number of hydrogen-bond donors (Lipinski definition) is 2. The molecular weight excluding hydrogens is 371 g/mol. The van der Waals surface area contributed by atoms with Gasteiger partial charge in [0.2, 0.25) is 5.91 Å². The van der Waals surface area contributed by atoms with Gasteiger partial charge < -0.3 is 10.3 Å². The summed E-state index contributed by atoms with van der Waals surface area (Å²) in [7, 11) is 0. The second kappa shape index (κ2) is 5.45. The van der Waals surface area contributed by atoms with Gasteiger partial charge in [0, 0.05) is 21.6 Å². The molecule has 24 heavy (non-hydrogen) atoms. The molecule has 3 aromatic rings. The number of rotatable bonds is 3. The summed E-state index contributed by atoms with van der Waals surface area (Å²) < 4.78 is 14.5. The molecule has 2 N–H and O–H groups in total. The zero-order valence-corrected chi connectivity index (χ0v) is 14.7. The quantitative estimate of drug-likeness (QED) is 0.649. The molecule has 3 nitrogen and oxygen atoms in total. The minimum absolute atomic E-state index is 0.0442. The van der Waals surface area contributed by atoms with Gasteiger partial charge in [0.1, 0.15) is 5.82 Å². The van der Waals surface area contributed by atoms with Crippen LogP contribution in [0.3, 0.4) is 0 Å². The Balaban J connectivity index is 1.69. The molecule has 2 aromatic carbocycles. The van der Waals surface area contributed by atoms with E-state index in [2.05, 4.69) is 26.2 Å². The smallest absolute Gasteiger partial charge is 0.235 e. The van der Waals surface area contributed by atoms with Crippen molar-refractivity contribution in [2.75, 3.05) is 5.32 Å². The van der Waals surface area contributed by atoms with Crippen LogP contribution in [-0.2, 0) is 10.2 Å². The van der Waals surface area contributed by atoms with Gasteiger partial charge in [-0.2, -0.15) is 0 Å². The highest BCUT2D eigenvalue weighted by molar-refractivity contribution is 9.10. The molecule has 1 aromatic heterocycles. The van der Waals surface area contributed by atoms with Crippen LogP contribution < -0.4 is 5.32 Å². The number of halogens is 2. The van der Waals surface area contributed by atoms with Crippen LogP contribution in [0.1, 0.15) is 24.0 Å². The number of benzene rings is 2. The molecule has 1 saturated carbocycles. The maximum absolute atomic E-state index is 13.6. The van der Waals surface area contributed by atoms with Crippen LogP contribution in [0.5, 0.6) is 0 Å². The van der Waals surface area contributed by atoms with Crippen molar-refractivity contribution < 1.29 is 9.18 Å². The summed E-state index contributed by atoms with van der Waals surface area (Å²) in [5.41, 5.74) is 3.02. The Morgan fingerprint density at radius 1 is 1.25 bits per heavy atom. The molecule has 0 bridgehead atoms. The summed E-state index contributed by atoms with van der Waals surface area (Å²) in [5.74, 6) is -0.335. The van der Waals surface area contributed by atoms with Gasteiger partial charge in [0.15, 0.2) is 0 Å². The van der Waals surface area contributed by atoms with Crippen LogP contribution in [-0.4, -0.2) is 10.9 Å². The first-order chi connectivity index (χ1) is 11.5. The van der Waals surface area contributed by atoms with Crippen molar-refractivity contribution in [2.24, 2.45) is 0 Å². The van der Waals surface area contributed by atoms with E-state index in [0.29, 0.717) is 0 Å². The minimum Gasteiger partial charge on any atom is -0.361 e. The van der Waals surface area contributed by atoms with Crippen LogP contribution in [0, 0.1) is 12.7 Å². The van der Waals surface area contributed by atoms with E-state index >= 15 is 0 Å². The molecule has 4 rings (SSSR count). The van der Waals surface area contributed by atoms with Crippen LogP contribution >= 0.6 is 15.9 Å². The third kappa shape index (κ3) is 2.44. The van der Waals surface area contributed by atoms with Gasteiger partial charge in [-0.1, -0.05) is 6.07 Å². The lowest BCUT2D eigenvalue weighted by Gasteiger charge is -2.16. The van der Waals surface area contributed by atoms with Gasteiger partial charge in [-0.05, 0) is 77.2 Å². The summed E-state index contributed by atoms with van der Waals surface area (Å²) in [5, 5.41) is 3.80. The van der Waals surface area contributed by atoms with E-state index in [4.69, 9.17) is 0 Å². The van der Waals surface area contributed by atoms with E-state index in [1.54, 1.807) is 6.07 Å². The lowest BCUT2D eigenvalue weighted by Crippen LogP contribution is -2.27. The number of aryl methyl sites for hydroxylation is 1. The Morgan fingerprint density at radius 3 is 2.75 bits per heavy atom. The predicted molar refractivity (Wildman–Crippen MR) is 96.7 cm³/mol. The lowest BCUT2D eigenvalue weighted by molar-refractivity contribution is -0.118. The molecule has 1 fully saturated rings. The van der Waals surface area contributed by atoms with E-state index in [9.17, 15) is 9.18 Å². The van der Waals surface area contributed by atoms with Crippen LogP contribution in [0.25, 0.3) is 10.9 Å². The first-order valence-corrected chi connectivity index (χ1v) is 8.64. The molecule has 5 heteroatoms. The topological polar surface area (TPSA) is 44.9 Å². The largest absolute Gasteiger partial charge is 0.361 e.